The smallest absolute Gasteiger partial charge is 0.119 e. The Balaban J connectivity index is 2.20. The third-order valence-corrected chi connectivity index (χ3v) is 2.75. The molecule has 102 valence electrons. The van der Waals surface area contributed by atoms with Gasteiger partial charge in [-0.3, -0.25) is 0 Å². The summed E-state index contributed by atoms with van der Waals surface area (Å²) >= 11 is 0. The van der Waals surface area contributed by atoms with Gasteiger partial charge in [-0.2, -0.15) is 0 Å². The van der Waals surface area contributed by atoms with Crippen molar-refractivity contribution in [3.05, 3.63) is 29.8 Å². The van der Waals surface area contributed by atoms with Crippen LogP contribution in [0.25, 0.3) is 0 Å². The second-order valence-electron chi connectivity index (χ2n) is 4.37. The van der Waals surface area contributed by atoms with Crippen LogP contribution in [-0.4, -0.2) is 26.9 Å². The Bertz CT molecular complexity index is 267. The van der Waals surface area contributed by atoms with Crippen LogP contribution in [0.4, 0.5) is 0 Å². The first kappa shape index (κ1) is 15.0. The van der Waals surface area contributed by atoms with Gasteiger partial charge in [-0.05, 0) is 24.1 Å². The van der Waals surface area contributed by atoms with Gasteiger partial charge < -0.3 is 14.8 Å². The van der Waals surface area contributed by atoms with Crippen molar-refractivity contribution in [3.63, 3.8) is 0 Å². The van der Waals surface area contributed by atoms with Crippen molar-refractivity contribution in [3.8, 4) is 5.75 Å². The molecule has 3 nitrogen and oxygen atoms in total. The summed E-state index contributed by atoms with van der Waals surface area (Å²) in [6, 6.07) is 8.29. The molecule has 0 bridgehead atoms. The summed E-state index contributed by atoms with van der Waals surface area (Å²) in [7, 11) is 1.71. The molecule has 0 radical (unpaired) electrons. The van der Waals surface area contributed by atoms with E-state index in [-0.39, 0.29) is 0 Å². The van der Waals surface area contributed by atoms with Gasteiger partial charge in [0, 0.05) is 20.2 Å². The van der Waals surface area contributed by atoms with E-state index in [1.165, 1.54) is 18.4 Å². The van der Waals surface area contributed by atoms with Gasteiger partial charge in [0.05, 0.1) is 13.2 Å². The molecule has 0 heterocycles. The van der Waals surface area contributed by atoms with Gasteiger partial charge in [-0.25, -0.2) is 0 Å². The van der Waals surface area contributed by atoms with E-state index >= 15 is 0 Å². The van der Waals surface area contributed by atoms with Gasteiger partial charge >= 0.3 is 0 Å². The molecule has 0 aromatic heterocycles. The highest BCUT2D eigenvalue weighted by molar-refractivity contribution is 5.27. The second-order valence-corrected chi connectivity index (χ2v) is 4.37. The first-order valence-electron chi connectivity index (χ1n) is 6.78. The topological polar surface area (TPSA) is 30.5 Å². The summed E-state index contributed by atoms with van der Waals surface area (Å²) in [6.45, 7) is 5.52. The monoisotopic (exact) mass is 251 g/mol. The fourth-order valence-corrected chi connectivity index (χ4v) is 1.65. The zero-order valence-electron chi connectivity index (χ0n) is 11.6. The van der Waals surface area contributed by atoms with Crippen molar-refractivity contribution in [2.75, 3.05) is 26.9 Å². The average Bonchev–Trinajstić information content (AvgIpc) is 2.41. The molecule has 0 saturated carbocycles. The minimum absolute atomic E-state index is 0.749. The zero-order chi connectivity index (χ0) is 13.1. The first-order valence-corrected chi connectivity index (χ1v) is 6.78. The van der Waals surface area contributed by atoms with Crippen LogP contribution < -0.4 is 10.1 Å². The molecule has 1 rings (SSSR count). The van der Waals surface area contributed by atoms with Crippen LogP contribution in [0.5, 0.6) is 5.75 Å². The molecule has 0 unspecified atom stereocenters. The Labute approximate surface area is 110 Å². The minimum Gasteiger partial charge on any atom is -0.494 e. The Hall–Kier alpha value is -1.06. The number of unbranched alkanes of at least 4 members (excludes halogenated alkanes) is 2. The standard InChI is InChI=1S/C15H25NO2/c1-3-4-5-11-18-15-8-6-14(7-9-15)13-16-10-12-17-2/h6-9,16H,3-5,10-13H2,1-2H3. The zero-order valence-corrected chi connectivity index (χ0v) is 11.6. The number of rotatable bonds is 10. The number of nitrogens with one attached hydrogen (secondary N) is 1. The fraction of sp³-hybridized carbons (Fsp3) is 0.600. The van der Waals surface area contributed by atoms with Crippen LogP contribution in [0.15, 0.2) is 24.3 Å². The lowest BCUT2D eigenvalue weighted by atomic mass is 10.2. The van der Waals surface area contributed by atoms with E-state index in [0.29, 0.717) is 0 Å². The lowest BCUT2D eigenvalue weighted by molar-refractivity contribution is 0.199. The normalized spacial score (nSPS) is 10.6. The Morgan fingerprint density at radius 2 is 1.83 bits per heavy atom. The predicted octanol–water partition coefficient (Wildman–Crippen LogP) is 2.99. The van der Waals surface area contributed by atoms with Crippen molar-refractivity contribution in [2.24, 2.45) is 0 Å². The number of hydrogen-bond donors (Lipinski definition) is 1. The number of benzene rings is 1. The summed E-state index contributed by atoms with van der Waals surface area (Å²) < 4.78 is 10.6. The molecule has 0 spiro atoms. The van der Waals surface area contributed by atoms with E-state index in [0.717, 1.165) is 38.5 Å². The Morgan fingerprint density at radius 3 is 2.50 bits per heavy atom. The SMILES string of the molecule is CCCCCOc1ccc(CNCCOC)cc1. The lowest BCUT2D eigenvalue weighted by Gasteiger charge is -2.07. The van der Waals surface area contributed by atoms with Crippen molar-refractivity contribution in [1.29, 1.82) is 0 Å². The maximum absolute atomic E-state index is 5.67. The Kier molecular flexibility index (Phi) is 8.26. The molecule has 0 fully saturated rings. The summed E-state index contributed by atoms with van der Waals surface area (Å²) in [5, 5.41) is 3.32. The van der Waals surface area contributed by atoms with Crippen molar-refractivity contribution >= 4 is 0 Å². The quantitative estimate of drug-likeness (QED) is 0.648. The van der Waals surface area contributed by atoms with Crippen LogP contribution in [0, 0.1) is 0 Å². The van der Waals surface area contributed by atoms with E-state index in [1.54, 1.807) is 7.11 Å². The number of ether oxygens (including phenoxy) is 2. The molecule has 0 amide bonds. The molecule has 0 aliphatic heterocycles. The highest BCUT2D eigenvalue weighted by Crippen LogP contribution is 2.12. The molecular weight excluding hydrogens is 226 g/mol. The highest BCUT2D eigenvalue weighted by atomic mass is 16.5. The van der Waals surface area contributed by atoms with Gasteiger partial charge in [0.15, 0.2) is 0 Å². The van der Waals surface area contributed by atoms with Gasteiger partial charge in [0.1, 0.15) is 5.75 Å². The highest BCUT2D eigenvalue weighted by Gasteiger charge is 1.96. The van der Waals surface area contributed by atoms with Crippen LogP contribution >= 0.6 is 0 Å². The molecule has 1 aromatic rings. The third kappa shape index (κ3) is 6.62. The molecule has 18 heavy (non-hydrogen) atoms. The maximum atomic E-state index is 5.67. The van der Waals surface area contributed by atoms with Gasteiger partial charge in [0.25, 0.3) is 0 Å². The van der Waals surface area contributed by atoms with E-state index in [9.17, 15) is 0 Å². The van der Waals surface area contributed by atoms with Crippen molar-refractivity contribution in [2.45, 2.75) is 32.7 Å². The molecule has 0 aliphatic rings. The summed E-state index contributed by atoms with van der Waals surface area (Å²) in [4.78, 5) is 0. The first-order chi connectivity index (χ1) is 8.86. The Morgan fingerprint density at radius 1 is 1.06 bits per heavy atom. The molecule has 3 heteroatoms. The van der Waals surface area contributed by atoms with Crippen LogP contribution in [0.2, 0.25) is 0 Å². The predicted molar refractivity (Wildman–Crippen MR) is 75.0 cm³/mol. The van der Waals surface area contributed by atoms with E-state index in [2.05, 4.69) is 24.4 Å². The van der Waals surface area contributed by atoms with Gasteiger partial charge in [0.2, 0.25) is 0 Å². The molecule has 0 aliphatic carbocycles. The van der Waals surface area contributed by atoms with E-state index in [4.69, 9.17) is 9.47 Å². The molecule has 0 atom stereocenters. The third-order valence-electron chi connectivity index (χ3n) is 2.75. The average molecular weight is 251 g/mol. The van der Waals surface area contributed by atoms with Gasteiger partial charge in [-0.15, -0.1) is 0 Å². The van der Waals surface area contributed by atoms with Gasteiger partial charge in [-0.1, -0.05) is 31.9 Å². The second kappa shape index (κ2) is 9.92. The minimum atomic E-state index is 0.749. The van der Waals surface area contributed by atoms with Crippen LogP contribution in [0.1, 0.15) is 31.7 Å². The lowest BCUT2D eigenvalue weighted by Crippen LogP contribution is -2.18. The summed E-state index contributed by atoms with van der Waals surface area (Å²) in [5.41, 5.74) is 1.27. The molecular formula is C15H25NO2. The van der Waals surface area contributed by atoms with E-state index in [1.807, 2.05) is 12.1 Å². The van der Waals surface area contributed by atoms with Crippen LogP contribution in [0.3, 0.4) is 0 Å². The number of methoxy groups -OCH3 is 1. The van der Waals surface area contributed by atoms with Crippen LogP contribution in [-0.2, 0) is 11.3 Å². The largest absolute Gasteiger partial charge is 0.494 e. The molecule has 1 N–H and O–H groups in total. The molecule has 0 saturated heterocycles. The fourth-order valence-electron chi connectivity index (χ4n) is 1.65. The maximum Gasteiger partial charge on any atom is 0.119 e. The number of hydrogen-bond acceptors (Lipinski definition) is 3. The van der Waals surface area contributed by atoms with Crippen molar-refractivity contribution < 1.29 is 9.47 Å². The summed E-state index contributed by atoms with van der Waals surface area (Å²) in [5.74, 6) is 0.965. The van der Waals surface area contributed by atoms with E-state index < -0.39 is 0 Å². The summed E-state index contributed by atoms with van der Waals surface area (Å²) in [6.07, 6.45) is 3.60. The van der Waals surface area contributed by atoms with Crippen molar-refractivity contribution in [1.82, 2.24) is 5.32 Å². The molecule has 1 aromatic carbocycles.